The summed E-state index contributed by atoms with van der Waals surface area (Å²) in [6.07, 6.45) is -40.4. The molecule has 0 saturated heterocycles. The molecule has 0 saturated carbocycles. The van der Waals surface area contributed by atoms with E-state index in [9.17, 15) is 176 Å². The molecule has 0 aromatic rings. The van der Waals surface area contributed by atoms with Crippen LogP contribution in [0.25, 0.3) is 0 Å². The zero-order valence-electron chi connectivity index (χ0n) is 31.4. The van der Waals surface area contributed by atoms with E-state index < -0.39 is 172 Å². The van der Waals surface area contributed by atoms with Crippen molar-refractivity contribution in [2.75, 3.05) is 6.61 Å². The van der Waals surface area contributed by atoms with Gasteiger partial charge in [0.1, 0.15) is 0 Å². The number of halogens is 39. The van der Waals surface area contributed by atoms with Crippen LogP contribution < -0.4 is 0 Å². The van der Waals surface area contributed by atoms with Crippen molar-refractivity contribution in [1.82, 2.24) is 0 Å². The molecular weight excluding hydrogens is 1130 g/mol. The Labute approximate surface area is 354 Å². The zero-order valence-corrected chi connectivity index (χ0v) is 32.4. The fourth-order valence-electron chi connectivity index (χ4n) is 5.39. The molecule has 0 aliphatic carbocycles. The maximum atomic E-state index is 14.8. The van der Waals surface area contributed by atoms with Crippen LogP contribution in [0.1, 0.15) is 19.3 Å². The Balaban J connectivity index is 8.25. The first-order valence-corrected chi connectivity index (χ1v) is 19.3. The summed E-state index contributed by atoms with van der Waals surface area (Å²) in [4.78, 5) is 0. The van der Waals surface area contributed by atoms with E-state index in [4.69, 9.17) is 5.11 Å². The molecule has 0 aliphatic heterocycles. The summed E-state index contributed by atoms with van der Waals surface area (Å²) in [5, 5.41) is 18.7. The highest BCUT2D eigenvalue weighted by Crippen LogP contribution is 2.65. The van der Waals surface area contributed by atoms with Crippen LogP contribution in [-0.4, -0.2) is 138 Å². The molecule has 1 unspecified atom stereocenters. The van der Waals surface area contributed by atoms with Crippen molar-refractivity contribution >= 4 is 8.07 Å². The lowest BCUT2D eigenvalue weighted by Gasteiger charge is -2.43. The lowest BCUT2D eigenvalue weighted by molar-refractivity contribution is -0.440. The number of hydrogen-bond acceptors (Lipinski definition) is 2. The predicted molar refractivity (Wildman–Crippen MR) is 144 cm³/mol. The number of aliphatic hydroxyl groups excluding tert-OH is 2. The first kappa shape index (κ1) is 66.4. The molecule has 0 aromatic heterocycles. The van der Waals surface area contributed by atoms with Crippen LogP contribution in [0.15, 0.2) is 0 Å². The lowest BCUT2D eigenvalue weighted by Crippen LogP contribution is -2.70. The van der Waals surface area contributed by atoms with Crippen molar-refractivity contribution in [2.45, 2.75) is 157 Å². The minimum atomic E-state index is -8.92. The van der Waals surface area contributed by atoms with Gasteiger partial charge in [0.25, 0.3) is 0 Å². The van der Waals surface area contributed by atoms with E-state index in [-0.39, 0.29) is 0 Å². The highest BCUT2D eigenvalue weighted by Gasteiger charge is 2.93. The topological polar surface area (TPSA) is 40.5 Å². The van der Waals surface area contributed by atoms with E-state index in [0.717, 1.165) is 0 Å². The van der Waals surface area contributed by atoms with Crippen LogP contribution in [0, 0.1) is 0 Å². The normalized spacial score (nSPS) is 17.2. The molecule has 0 fully saturated rings. The Kier molecular flexibility index (Phi) is 17.4. The van der Waals surface area contributed by atoms with Gasteiger partial charge in [-0.1, -0.05) is 18.1 Å². The fraction of sp³-hybridized carbons (Fsp3) is 1.00. The smallest absolute Gasteiger partial charge is 0.394 e. The first-order chi connectivity index (χ1) is 29.3. The van der Waals surface area contributed by atoms with Gasteiger partial charge in [0.2, 0.25) is 0 Å². The van der Waals surface area contributed by atoms with E-state index in [1.165, 1.54) is 0 Å². The van der Waals surface area contributed by atoms with Crippen LogP contribution in [0.4, 0.5) is 171 Å². The molecular formula is C27H19F39O2Si. The van der Waals surface area contributed by atoms with E-state index >= 15 is 0 Å². The van der Waals surface area contributed by atoms with Crippen molar-refractivity contribution in [1.29, 1.82) is 0 Å². The fourth-order valence-corrected chi connectivity index (χ4v) is 10.4. The lowest BCUT2D eigenvalue weighted by atomic mass is 9.93. The summed E-state index contributed by atoms with van der Waals surface area (Å²) in [6.45, 7) is -2.40. The van der Waals surface area contributed by atoms with Crippen molar-refractivity contribution in [3.05, 3.63) is 0 Å². The van der Waals surface area contributed by atoms with Gasteiger partial charge in [0.15, 0.2) is 0 Å². The molecule has 416 valence electrons. The van der Waals surface area contributed by atoms with Gasteiger partial charge in [-0.3, -0.25) is 0 Å². The van der Waals surface area contributed by atoms with E-state index in [1.54, 1.807) is 0 Å². The van der Waals surface area contributed by atoms with Gasteiger partial charge in [0, 0.05) is 19.3 Å². The minimum absolute atomic E-state index is 2.40. The predicted octanol–water partition coefficient (Wildman–Crippen LogP) is 14.2. The quantitative estimate of drug-likeness (QED) is 0.0747. The summed E-state index contributed by atoms with van der Waals surface area (Å²) in [6, 6.07) is -13.1. The van der Waals surface area contributed by atoms with Crippen molar-refractivity contribution in [3.63, 3.8) is 0 Å². The minimum Gasteiger partial charge on any atom is -0.394 e. The third-order valence-corrected chi connectivity index (χ3v) is 15.1. The van der Waals surface area contributed by atoms with Gasteiger partial charge >= 0.3 is 107 Å². The van der Waals surface area contributed by atoms with E-state index in [1.807, 2.05) is 0 Å². The molecule has 2 N–H and O–H groups in total. The Morgan fingerprint density at radius 2 is 0.420 bits per heavy atom. The van der Waals surface area contributed by atoms with Gasteiger partial charge in [-0.2, -0.15) is 171 Å². The molecule has 0 heterocycles. The number of alkyl halides is 39. The number of hydrogen-bond donors (Lipinski definition) is 2. The van der Waals surface area contributed by atoms with Gasteiger partial charge in [-0.05, 0) is 6.04 Å². The molecule has 0 radical (unpaired) electrons. The first-order valence-electron chi connectivity index (χ1n) is 16.5. The Bertz CT molecular complexity index is 1550. The van der Waals surface area contributed by atoms with Gasteiger partial charge < -0.3 is 10.2 Å². The second-order valence-electron chi connectivity index (χ2n) is 14.5. The van der Waals surface area contributed by atoms with Crippen LogP contribution >= 0.6 is 0 Å². The Morgan fingerprint density at radius 3 is 0.565 bits per heavy atom. The summed E-state index contributed by atoms with van der Waals surface area (Å²) in [5.74, 6) is -128. The molecule has 0 bridgehead atoms. The van der Waals surface area contributed by atoms with Crippen molar-refractivity contribution in [3.8, 4) is 0 Å². The molecule has 2 nitrogen and oxygen atoms in total. The third-order valence-electron chi connectivity index (χ3n) is 9.78. The molecule has 69 heavy (non-hydrogen) atoms. The van der Waals surface area contributed by atoms with Crippen LogP contribution in [0.3, 0.4) is 0 Å². The van der Waals surface area contributed by atoms with Crippen molar-refractivity contribution in [2.24, 2.45) is 0 Å². The molecule has 0 aromatic carbocycles. The maximum absolute atomic E-state index is 14.8. The summed E-state index contributed by atoms with van der Waals surface area (Å²) >= 11 is 0. The molecule has 0 aliphatic rings. The maximum Gasteiger partial charge on any atom is 0.460 e. The highest BCUT2D eigenvalue weighted by molar-refractivity contribution is 6.80. The van der Waals surface area contributed by atoms with Gasteiger partial charge in [-0.25, -0.2) is 0 Å². The second kappa shape index (κ2) is 18.1. The zero-order chi connectivity index (χ0) is 56.7. The number of rotatable bonds is 24. The molecule has 0 rings (SSSR count). The molecule has 0 amide bonds. The summed E-state index contributed by atoms with van der Waals surface area (Å²) < 4.78 is 533. The highest BCUT2D eigenvalue weighted by atomic mass is 28.3. The monoisotopic (exact) mass is 1140 g/mol. The van der Waals surface area contributed by atoms with Crippen molar-refractivity contribution < 1.29 is 181 Å². The van der Waals surface area contributed by atoms with Gasteiger partial charge in [0.05, 0.1) is 20.8 Å². The largest absolute Gasteiger partial charge is 0.460 e. The Morgan fingerprint density at radius 1 is 0.261 bits per heavy atom. The number of aliphatic hydroxyl groups is 2. The Hall–Kier alpha value is -2.59. The average Bonchev–Trinajstić information content (AvgIpc) is 3.12. The third kappa shape index (κ3) is 10.2. The standard InChI is InChI=1S/C27H19F39O2Si/c28-10(29,13(34,35)16(40,41)19(46,47)22(52,53)25(58,59)60)1-4-69(8-9(68)7-67,5-2-11(30,31)14(36,37)17(42,43)20(48,49)23(54,55)26(61,62)63)6-3-12(32,33)15(38,39)18(44,45)21(50,51)24(56,57)27(64,65)66/h9,67-68H,1-8H2. The van der Waals surface area contributed by atoms with Crippen LogP contribution in [0.5, 0.6) is 0 Å². The SMILES string of the molecule is OCC(O)C[Si](CCC(F)(F)C(F)(F)C(F)(F)C(F)(F)C(F)(F)C(F)(F)F)(CCC(F)(F)C(F)(F)C(F)(F)C(F)(F)C(F)(F)C(F)(F)F)CCC(F)(F)C(F)(F)C(F)(F)C(F)(F)C(F)(F)C(F)(F)F. The molecule has 0 spiro atoms. The summed E-state index contributed by atoms with van der Waals surface area (Å²) in [5.41, 5.74) is 0. The van der Waals surface area contributed by atoms with Crippen LogP contribution in [0.2, 0.25) is 24.2 Å². The average molecular weight is 1140 g/mol. The molecule has 42 heteroatoms. The summed E-state index contributed by atoms with van der Waals surface area (Å²) in [7, 11) is -7.09. The van der Waals surface area contributed by atoms with Crippen LogP contribution in [-0.2, 0) is 0 Å². The molecule has 1 atom stereocenters. The second-order valence-corrected chi connectivity index (χ2v) is 19.4. The van der Waals surface area contributed by atoms with E-state index in [0.29, 0.717) is 0 Å². The van der Waals surface area contributed by atoms with Gasteiger partial charge in [-0.15, -0.1) is 0 Å². The van der Waals surface area contributed by atoms with E-state index in [2.05, 4.69) is 0 Å².